The summed E-state index contributed by atoms with van der Waals surface area (Å²) in [7, 11) is 0. The minimum Gasteiger partial charge on any atom is -0.324 e. The molecular formula is C17H15N3O3. The Kier molecular flexibility index (Phi) is 3.89. The molecule has 0 atom stereocenters. The lowest BCUT2D eigenvalue weighted by Gasteiger charge is -2.13. The number of carbonyl (C=O) groups is 3. The van der Waals surface area contributed by atoms with Gasteiger partial charge in [-0.25, -0.2) is 0 Å². The van der Waals surface area contributed by atoms with Gasteiger partial charge in [-0.15, -0.1) is 0 Å². The Bertz CT molecular complexity index is 766. The summed E-state index contributed by atoms with van der Waals surface area (Å²) in [6, 6.07) is 10.1. The van der Waals surface area contributed by atoms with Crippen LogP contribution in [0.25, 0.3) is 0 Å². The van der Waals surface area contributed by atoms with Crippen molar-refractivity contribution >= 4 is 23.4 Å². The Morgan fingerprint density at radius 2 is 1.74 bits per heavy atom. The smallest absolute Gasteiger partial charge is 0.261 e. The van der Waals surface area contributed by atoms with Gasteiger partial charge in [0.05, 0.1) is 22.5 Å². The van der Waals surface area contributed by atoms with E-state index in [1.165, 1.54) is 0 Å². The normalized spacial score (nSPS) is 13.2. The second kappa shape index (κ2) is 6.00. The van der Waals surface area contributed by atoms with Gasteiger partial charge in [0.25, 0.3) is 11.8 Å². The van der Waals surface area contributed by atoms with Crippen LogP contribution in [0.15, 0.2) is 42.6 Å². The topological polar surface area (TPSA) is 79.4 Å². The van der Waals surface area contributed by atoms with Crippen molar-refractivity contribution in [1.29, 1.82) is 0 Å². The van der Waals surface area contributed by atoms with Gasteiger partial charge in [-0.05, 0) is 31.2 Å². The molecule has 0 saturated heterocycles. The van der Waals surface area contributed by atoms with Gasteiger partial charge in [0, 0.05) is 19.2 Å². The molecule has 2 heterocycles. The maximum absolute atomic E-state index is 12.2. The summed E-state index contributed by atoms with van der Waals surface area (Å²) in [4.78, 5) is 41.6. The summed E-state index contributed by atoms with van der Waals surface area (Å²) < 4.78 is 0. The monoisotopic (exact) mass is 309 g/mol. The van der Waals surface area contributed by atoms with Crippen LogP contribution in [-0.2, 0) is 4.79 Å². The lowest BCUT2D eigenvalue weighted by atomic mass is 10.1. The SMILES string of the molecule is Cc1ncccc1NC(=O)CCN1C(=O)c2ccccc2C1=O. The molecule has 1 aromatic heterocycles. The minimum atomic E-state index is -0.351. The number of amides is 3. The lowest BCUT2D eigenvalue weighted by molar-refractivity contribution is -0.116. The van der Waals surface area contributed by atoms with E-state index in [-0.39, 0.29) is 30.7 Å². The number of pyridine rings is 1. The largest absolute Gasteiger partial charge is 0.324 e. The molecule has 3 amide bonds. The molecule has 3 rings (SSSR count). The molecule has 6 nitrogen and oxygen atoms in total. The zero-order valence-electron chi connectivity index (χ0n) is 12.6. The molecular weight excluding hydrogens is 294 g/mol. The molecule has 1 aliphatic heterocycles. The third-order valence-electron chi connectivity index (χ3n) is 3.72. The number of fused-ring (bicyclic) bond motifs is 1. The van der Waals surface area contributed by atoms with Gasteiger partial charge in [-0.1, -0.05) is 12.1 Å². The van der Waals surface area contributed by atoms with Crippen LogP contribution in [0.1, 0.15) is 32.8 Å². The van der Waals surface area contributed by atoms with E-state index in [0.29, 0.717) is 22.5 Å². The second-order valence-corrected chi connectivity index (χ2v) is 5.24. The van der Waals surface area contributed by atoms with E-state index >= 15 is 0 Å². The number of nitrogens with one attached hydrogen (secondary N) is 1. The molecule has 0 fully saturated rings. The first kappa shape index (κ1) is 14.9. The summed E-state index contributed by atoms with van der Waals surface area (Å²) in [6.07, 6.45) is 1.68. The van der Waals surface area contributed by atoms with Crippen LogP contribution in [0.3, 0.4) is 0 Å². The standard InChI is InChI=1S/C17H15N3O3/c1-11-14(7-4-9-18-11)19-15(21)8-10-20-16(22)12-5-2-3-6-13(12)17(20)23/h2-7,9H,8,10H2,1H3,(H,19,21). The fraction of sp³-hybridized carbons (Fsp3) is 0.176. The van der Waals surface area contributed by atoms with Gasteiger partial charge in [-0.3, -0.25) is 24.3 Å². The summed E-state index contributed by atoms with van der Waals surface area (Å²) in [5.41, 5.74) is 2.11. The van der Waals surface area contributed by atoms with Crippen LogP contribution in [0.2, 0.25) is 0 Å². The summed E-state index contributed by atoms with van der Waals surface area (Å²) >= 11 is 0. The summed E-state index contributed by atoms with van der Waals surface area (Å²) in [5.74, 6) is -0.968. The molecule has 116 valence electrons. The van der Waals surface area contributed by atoms with Crippen molar-refractivity contribution in [1.82, 2.24) is 9.88 Å². The molecule has 23 heavy (non-hydrogen) atoms. The van der Waals surface area contributed by atoms with Gasteiger partial charge < -0.3 is 5.32 Å². The Morgan fingerprint density at radius 3 is 2.35 bits per heavy atom. The molecule has 1 aromatic carbocycles. The van der Waals surface area contributed by atoms with Crippen LogP contribution in [-0.4, -0.2) is 34.2 Å². The number of anilines is 1. The number of benzene rings is 1. The number of aryl methyl sites for hydroxylation is 1. The first-order valence-electron chi connectivity index (χ1n) is 7.24. The fourth-order valence-corrected chi connectivity index (χ4v) is 2.48. The fourth-order valence-electron chi connectivity index (χ4n) is 2.48. The van der Waals surface area contributed by atoms with Crippen LogP contribution < -0.4 is 5.32 Å². The van der Waals surface area contributed by atoms with Crippen LogP contribution in [0, 0.1) is 6.92 Å². The molecule has 2 aromatic rings. The highest BCUT2D eigenvalue weighted by molar-refractivity contribution is 6.21. The van der Waals surface area contributed by atoms with E-state index in [0.717, 1.165) is 4.90 Å². The lowest BCUT2D eigenvalue weighted by Crippen LogP contribution is -2.32. The maximum Gasteiger partial charge on any atom is 0.261 e. The predicted octanol–water partition coefficient (Wildman–Crippen LogP) is 2.01. The third kappa shape index (κ3) is 2.83. The third-order valence-corrected chi connectivity index (χ3v) is 3.72. The number of hydrogen-bond donors (Lipinski definition) is 1. The average molecular weight is 309 g/mol. The van der Waals surface area contributed by atoms with E-state index in [2.05, 4.69) is 10.3 Å². The minimum absolute atomic E-state index is 0.0415. The highest BCUT2D eigenvalue weighted by Gasteiger charge is 2.34. The molecule has 1 N–H and O–H groups in total. The summed E-state index contributed by atoms with van der Waals surface area (Å²) in [6.45, 7) is 1.84. The van der Waals surface area contributed by atoms with Gasteiger partial charge in [0.1, 0.15) is 0 Å². The Morgan fingerprint density at radius 1 is 1.09 bits per heavy atom. The number of nitrogens with zero attached hydrogens (tertiary/aromatic N) is 2. The Hall–Kier alpha value is -3.02. The van der Waals surface area contributed by atoms with E-state index < -0.39 is 0 Å². The number of rotatable bonds is 4. The van der Waals surface area contributed by atoms with Gasteiger partial charge >= 0.3 is 0 Å². The van der Waals surface area contributed by atoms with Crippen molar-refractivity contribution in [2.75, 3.05) is 11.9 Å². The van der Waals surface area contributed by atoms with Crippen LogP contribution in [0.5, 0.6) is 0 Å². The van der Waals surface area contributed by atoms with Crippen molar-refractivity contribution in [3.8, 4) is 0 Å². The number of imide groups is 1. The van der Waals surface area contributed by atoms with E-state index in [1.807, 2.05) is 0 Å². The highest BCUT2D eigenvalue weighted by Crippen LogP contribution is 2.22. The molecule has 0 radical (unpaired) electrons. The average Bonchev–Trinajstić information content (AvgIpc) is 2.80. The van der Waals surface area contributed by atoms with Crippen molar-refractivity contribution in [2.45, 2.75) is 13.3 Å². The van der Waals surface area contributed by atoms with Crippen molar-refractivity contribution in [2.24, 2.45) is 0 Å². The number of aromatic nitrogens is 1. The summed E-state index contributed by atoms with van der Waals surface area (Å²) in [5, 5.41) is 2.73. The maximum atomic E-state index is 12.2. The number of carbonyl (C=O) groups excluding carboxylic acids is 3. The van der Waals surface area contributed by atoms with Crippen molar-refractivity contribution < 1.29 is 14.4 Å². The second-order valence-electron chi connectivity index (χ2n) is 5.24. The van der Waals surface area contributed by atoms with E-state index in [1.54, 1.807) is 49.5 Å². The van der Waals surface area contributed by atoms with E-state index in [9.17, 15) is 14.4 Å². The molecule has 6 heteroatoms. The molecule has 0 spiro atoms. The number of hydrogen-bond acceptors (Lipinski definition) is 4. The Balaban J connectivity index is 1.63. The zero-order valence-corrected chi connectivity index (χ0v) is 12.6. The molecule has 0 bridgehead atoms. The zero-order chi connectivity index (χ0) is 16.4. The first-order chi connectivity index (χ1) is 11.1. The van der Waals surface area contributed by atoms with Crippen LogP contribution in [0.4, 0.5) is 5.69 Å². The molecule has 0 aliphatic carbocycles. The van der Waals surface area contributed by atoms with Gasteiger partial charge in [-0.2, -0.15) is 0 Å². The quantitative estimate of drug-likeness (QED) is 0.876. The molecule has 1 aliphatic rings. The highest BCUT2D eigenvalue weighted by atomic mass is 16.2. The predicted molar refractivity (Wildman–Crippen MR) is 84.0 cm³/mol. The van der Waals surface area contributed by atoms with Gasteiger partial charge in [0.15, 0.2) is 0 Å². The molecule has 0 saturated carbocycles. The Labute approximate surface area is 133 Å². The van der Waals surface area contributed by atoms with E-state index in [4.69, 9.17) is 0 Å². The van der Waals surface area contributed by atoms with Gasteiger partial charge in [0.2, 0.25) is 5.91 Å². The van der Waals surface area contributed by atoms with Crippen LogP contribution >= 0.6 is 0 Å². The van der Waals surface area contributed by atoms with Crippen molar-refractivity contribution in [3.63, 3.8) is 0 Å². The van der Waals surface area contributed by atoms with Crippen molar-refractivity contribution in [3.05, 3.63) is 59.4 Å². The molecule has 0 unspecified atom stereocenters. The first-order valence-corrected chi connectivity index (χ1v) is 7.24.